The number of piperidine rings is 2. The van der Waals surface area contributed by atoms with Gasteiger partial charge in [0.2, 0.25) is 0 Å². The molecule has 6 heterocycles. The van der Waals surface area contributed by atoms with Crippen LogP contribution in [-0.4, -0.2) is 97.3 Å². The van der Waals surface area contributed by atoms with E-state index in [0.29, 0.717) is 76.8 Å². The minimum Gasteiger partial charge on any atom is -0.491 e. The van der Waals surface area contributed by atoms with Crippen LogP contribution in [0.5, 0.6) is 23.0 Å². The van der Waals surface area contributed by atoms with Gasteiger partial charge in [0, 0.05) is 52.4 Å². The number of aryl methyl sites for hydroxylation is 2. The van der Waals surface area contributed by atoms with Gasteiger partial charge in [-0.2, -0.15) is 0 Å². The highest BCUT2D eigenvalue weighted by atomic mass is 35.5. The van der Waals surface area contributed by atoms with Gasteiger partial charge in [-0.15, -0.1) is 0 Å². The molecular weight excluding hydrogens is 897 g/mol. The van der Waals surface area contributed by atoms with Gasteiger partial charge in [-0.3, -0.25) is 29.4 Å². The molecule has 6 aromatic rings. The summed E-state index contributed by atoms with van der Waals surface area (Å²) in [4.78, 5) is 36.7. The van der Waals surface area contributed by atoms with E-state index in [-0.39, 0.29) is 48.0 Å². The van der Waals surface area contributed by atoms with Crippen LogP contribution in [0.15, 0.2) is 72.8 Å². The van der Waals surface area contributed by atoms with Crippen LogP contribution < -0.4 is 29.6 Å². The summed E-state index contributed by atoms with van der Waals surface area (Å²) in [6, 6.07) is 21.3. The molecule has 12 nitrogen and oxygen atoms in total. The molecule has 68 heavy (non-hydrogen) atoms. The van der Waals surface area contributed by atoms with Crippen LogP contribution in [0.25, 0.3) is 21.8 Å². The Bertz CT molecular complexity index is 2630. The molecule has 2 amide bonds. The smallest absolute Gasteiger partial charge is 0.262 e. The molecule has 0 unspecified atom stereocenters. The van der Waals surface area contributed by atoms with Gasteiger partial charge in [0.15, 0.2) is 24.8 Å². The average Bonchev–Trinajstić information content (AvgIpc) is 3.32. The van der Waals surface area contributed by atoms with E-state index in [9.17, 15) is 22.8 Å². The lowest BCUT2D eigenvalue weighted by Gasteiger charge is -2.32. The molecule has 0 atom stereocenters. The number of hydrogen-bond acceptors (Lipinski definition) is 10. The Kier molecular flexibility index (Phi) is 14.5. The molecule has 0 spiro atoms. The van der Waals surface area contributed by atoms with Gasteiger partial charge in [-0.05, 0) is 150 Å². The lowest BCUT2D eigenvalue weighted by atomic mass is 9.89. The molecule has 10 rings (SSSR count). The van der Waals surface area contributed by atoms with Gasteiger partial charge in [0.05, 0.1) is 11.0 Å². The topological polar surface area (TPSA) is 127 Å². The maximum Gasteiger partial charge on any atom is 0.262 e. The number of ether oxygens (including phenoxy) is 4. The Morgan fingerprint density at radius 2 is 1.09 bits per heavy atom. The van der Waals surface area contributed by atoms with Gasteiger partial charge in [0.1, 0.15) is 53.4 Å². The number of aromatic nitrogens is 2. The molecule has 0 bridgehead atoms. The van der Waals surface area contributed by atoms with Crippen LogP contribution in [0, 0.1) is 43.1 Å². The van der Waals surface area contributed by atoms with Gasteiger partial charge < -0.3 is 29.6 Å². The monoisotopic (exact) mass is 950 g/mol. The largest absolute Gasteiger partial charge is 0.491 e. The van der Waals surface area contributed by atoms with E-state index in [2.05, 4.69) is 30.4 Å². The third-order valence-corrected chi connectivity index (χ3v) is 13.3. The number of halogens is 4. The SMILES string of the molecule is Cc1ccc2c(OCCN3CCC(Cc4ccc5c(c4F)NC(=O)CO5)CC3)cc(Cl)cc2n1.Cc1ccc2c(OCCN3CCC(Cc4ccc5c(c4F)NC(=O)CO5)CC3)cc(F)cc2n1. The Morgan fingerprint density at radius 3 is 1.57 bits per heavy atom. The van der Waals surface area contributed by atoms with Crippen molar-refractivity contribution in [3.8, 4) is 23.0 Å². The molecule has 16 heteroatoms. The van der Waals surface area contributed by atoms with E-state index >= 15 is 0 Å². The van der Waals surface area contributed by atoms with Crippen LogP contribution >= 0.6 is 11.6 Å². The van der Waals surface area contributed by atoms with E-state index < -0.39 is 5.82 Å². The molecule has 2 fully saturated rings. The molecule has 2 saturated heterocycles. The van der Waals surface area contributed by atoms with Gasteiger partial charge in [-0.25, -0.2) is 13.2 Å². The lowest BCUT2D eigenvalue weighted by molar-refractivity contribution is -0.119. The summed E-state index contributed by atoms with van der Waals surface area (Å²) in [5, 5.41) is 7.55. The lowest BCUT2D eigenvalue weighted by Crippen LogP contribution is -2.37. The second-order valence-electron chi connectivity index (χ2n) is 18.0. The third-order valence-electron chi connectivity index (χ3n) is 13.1. The summed E-state index contributed by atoms with van der Waals surface area (Å²) in [5.41, 5.74) is 4.76. The van der Waals surface area contributed by atoms with Crippen molar-refractivity contribution < 1.29 is 41.7 Å². The fourth-order valence-electron chi connectivity index (χ4n) is 9.43. The number of likely N-dealkylation sites (tertiary alicyclic amines) is 2. The minimum absolute atomic E-state index is 0.0714. The zero-order chi connectivity index (χ0) is 47.3. The number of carbonyl (C=O) groups excluding carboxylic acids is 2. The van der Waals surface area contributed by atoms with Crippen molar-refractivity contribution in [1.29, 1.82) is 0 Å². The second kappa shape index (κ2) is 21.0. The highest BCUT2D eigenvalue weighted by Gasteiger charge is 2.27. The number of pyridine rings is 2. The maximum atomic E-state index is 14.9. The first-order chi connectivity index (χ1) is 32.9. The Balaban J connectivity index is 0.000000170. The predicted molar refractivity (Wildman–Crippen MR) is 256 cm³/mol. The highest BCUT2D eigenvalue weighted by Crippen LogP contribution is 2.37. The van der Waals surface area contributed by atoms with Crippen LogP contribution in [-0.2, 0) is 22.4 Å². The first-order valence-electron chi connectivity index (χ1n) is 23.2. The number of nitrogens with one attached hydrogen (secondary N) is 2. The van der Waals surface area contributed by atoms with Gasteiger partial charge in [-0.1, -0.05) is 23.7 Å². The van der Waals surface area contributed by atoms with E-state index in [1.165, 1.54) is 12.1 Å². The number of rotatable bonds is 12. The van der Waals surface area contributed by atoms with Crippen molar-refractivity contribution in [3.63, 3.8) is 0 Å². The third kappa shape index (κ3) is 11.2. The normalized spacial score (nSPS) is 16.7. The highest BCUT2D eigenvalue weighted by molar-refractivity contribution is 6.31. The predicted octanol–water partition coefficient (Wildman–Crippen LogP) is 9.49. The van der Waals surface area contributed by atoms with Crippen molar-refractivity contribution in [3.05, 3.63) is 118 Å². The standard InChI is InChI=1S/C26H27ClFN3O3.C26H27F2N3O3/c2*1-16-2-4-20-21(29-16)13-19(27)14-23(20)33-11-10-31-8-6-17(7-9-31)12-18-3-5-22-26(25(18)28)30-24(32)15-34-22/h2*2-5,13-14,17H,6-12,15H2,1H3,(H,30,32). The van der Waals surface area contributed by atoms with Crippen molar-refractivity contribution in [2.24, 2.45) is 11.8 Å². The minimum atomic E-state index is -0.395. The molecule has 0 radical (unpaired) electrons. The first kappa shape index (κ1) is 46.9. The van der Waals surface area contributed by atoms with Crippen LogP contribution in [0.4, 0.5) is 24.5 Å². The quantitative estimate of drug-likeness (QED) is 0.123. The number of fused-ring (bicyclic) bond motifs is 4. The van der Waals surface area contributed by atoms with Gasteiger partial charge >= 0.3 is 0 Å². The summed E-state index contributed by atoms with van der Waals surface area (Å²) < 4.78 is 66.4. The maximum absolute atomic E-state index is 14.9. The fourth-order valence-corrected chi connectivity index (χ4v) is 9.63. The molecule has 2 N–H and O–H groups in total. The molecular formula is C52H54ClF3N6O6. The zero-order valence-corrected chi connectivity index (χ0v) is 38.9. The average molecular weight is 951 g/mol. The Morgan fingerprint density at radius 1 is 0.632 bits per heavy atom. The number of anilines is 2. The number of benzene rings is 4. The fraction of sp³-hybridized carbons (Fsp3) is 0.385. The summed E-state index contributed by atoms with van der Waals surface area (Å²) >= 11 is 6.26. The van der Waals surface area contributed by atoms with E-state index in [1.54, 1.807) is 24.3 Å². The molecule has 4 aliphatic heterocycles. The number of hydrogen-bond donors (Lipinski definition) is 2. The number of nitrogens with zero attached hydrogens (tertiary/aromatic N) is 4. The van der Waals surface area contributed by atoms with E-state index in [0.717, 1.165) is 98.4 Å². The molecule has 4 aromatic carbocycles. The molecule has 0 saturated carbocycles. The second-order valence-corrected chi connectivity index (χ2v) is 18.5. The molecule has 4 aliphatic rings. The Hall–Kier alpha value is -6.16. The number of carbonyl (C=O) groups is 2. The van der Waals surface area contributed by atoms with E-state index in [1.807, 2.05) is 50.2 Å². The van der Waals surface area contributed by atoms with Crippen molar-refractivity contribution in [1.82, 2.24) is 19.8 Å². The summed E-state index contributed by atoms with van der Waals surface area (Å²) in [6.07, 6.45) is 5.16. The summed E-state index contributed by atoms with van der Waals surface area (Å²) in [6.45, 7) is 9.92. The molecule has 0 aliphatic carbocycles. The summed E-state index contributed by atoms with van der Waals surface area (Å²) in [7, 11) is 0. The number of amides is 2. The van der Waals surface area contributed by atoms with Crippen molar-refractivity contribution >= 4 is 56.6 Å². The Labute approximate surface area is 398 Å². The van der Waals surface area contributed by atoms with Crippen molar-refractivity contribution in [2.45, 2.75) is 52.4 Å². The zero-order valence-electron chi connectivity index (χ0n) is 38.1. The molecule has 356 valence electrons. The van der Waals surface area contributed by atoms with Crippen LogP contribution in [0.3, 0.4) is 0 Å². The van der Waals surface area contributed by atoms with Crippen LogP contribution in [0.2, 0.25) is 5.02 Å². The van der Waals surface area contributed by atoms with Gasteiger partial charge in [0.25, 0.3) is 11.8 Å². The summed E-state index contributed by atoms with van der Waals surface area (Å²) in [5.74, 6) is 1.02. The van der Waals surface area contributed by atoms with Crippen molar-refractivity contribution in [2.75, 3.05) is 76.3 Å². The van der Waals surface area contributed by atoms with Crippen LogP contribution in [0.1, 0.15) is 48.2 Å². The van der Waals surface area contributed by atoms with E-state index in [4.69, 9.17) is 30.5 Å². The molecule has 2 aromatic heterocycles. The first-order valence-corrected chi connectivity index (χ1v) is 23.6.